The Kier molecular flexibility index (Phi) is 2.81. The summed E-state index contributed by atoms with van der Waals surface area (Å²) in [5.41, 5.74) is 3.03. The fourth-order valence-corrected chi connectivity index (χ4v) is 2.05. The zero-order valence-electron chi connectivity index (χ0n) is 8.61. The Hall–Kier alpha value is -1.23. The van der Waals surface area contributed by atoms with Crippen molar-refractivity contribution in [2.45, 2.75) is 12.3 Å². The predicted octanol–water partition coefficient (Wildman–Crippen LogP) is 2.08. The Morgan fingerprint density at radius 3 is 2.93 bits per heavy atom. The van der Waals surface area contributed by atoms with Crippen LogP contribution in [0.25, 0.3) is 11.4 Å². The van der Waals surface area contributed by atoms with Gasteiger partial charge in [0.15, 0.2) is 5.82 Å². The number of hydrogen-bond donors (Lipinski definition) is 0. The lowest BCUT2D eigenvalue weighted by Crippen LogP contribution is -1.97. The molecule has 5 heteroatoms. The summed E-state index contributed by atoms with van der Waals surface area (Å²) in [5.74, 6) is 0.734. The van der Waals surface area contributed by atoms with Gasteiger partial charge in [0.05, 0.1) is 17.5 Å². The molecule has 2 heterocycles. The fraction of sp³-hybridized carbons (Fsp3) is 0.300. The van der Waals surface area contributed by atoms with Gasteiger partial charge in [0.2, 0.25) is 0 Å². The van der Waals surface area contributed by atoms with Crippen LogP contribution in [0.3, 0.4) is 0 Å². The smallest absolute Gasteiger partial charge is 0.162 e. The number of hydrogen-bond acceptors (Lipinski definition) is 3. The summed E-state index contributed by atoms with van der Waals surface area (Å²) >= 11 is 3.44. The van der Waals surface area contributed by atoms with Crippen molar-refractivity contribution < 1.29 is 0 Å². The second-order valence-electron chi connectivity index (χ2n) is 3.28. The number of aromatic nitrogens is 4. The Morgan fingerprint density at radius 1 is 1.47 bits per heavy atom. The van der Waals surface area contributed by atoms with E-state index >= 15 is 0 Å². The fourth-order valence-electron chi connectivity index (χ4n) is 1.39. The first-order valence-electron chi connectivity index (χ1n) is 4.59. The minimum Gasteiger partial charge on any atom is -0.271 e. The normalized spacial score (nSPS) is 10.6. The first-order chi connectivity index (χ1) is 7.22. The number of alkyl halides is 1. The van der Waals surface area contributed by atoms with Crippen molar-refractivity contribution >= 4 is 15.9 Å². The second kappa shape index (κ2) is 4.10. The molecule has 0 N–H and O–H groups in total. The Morgan fingerprint density at radius 2 is 2.27 bits per heavy atom. The van der Waals surface area contributed by atoms with Crippen molar-refractivity contribution in [1.82, 2.24) is 19.7 Å². The number of nitrogens with zero attached hydrogens (tertiary/aromatic N) is 4. The molecule has 0 fully saturated rings. The van der Waals surface area contributed by atoms with Crippen molar-refractivity contribution in [3.8, 4) is 11.4 Å². The molecule has 0 radical (unpaired) electrons. The van der Waals surface area contributed by atoms with E-state index in [2.05, 4.69) is 31.0 Å². The van der Waals surface area contributed by atoms with Crippen LogP contribution < -0.4 is 0 Å². The third-order valence-corrected chi connectivity index (χ3v) is 2.75. The van der Waals surface area contributed by atoms with Gasteiger partial charge in [0, 0.05) is 24.3 Å². The van der Waals surface area contributed by atoms with Gasteiger partial charge in [-0.3, -0.25) is 4.68 Å². The highest BCUT2D eigenvalue weighted by atomic mass is 79.9. The van der Waals surface area contributed by atoms with Gasteiger partial charge in [0.25, 0.3) is 0 Å². The molecule has 0 bridgehead atoms. The monoisotopic (exact) mass is 266 g/mol. The van der Waals surface area contributed by atoms with Gasteiger partial charge in [0.1, 0.15) is 0 Å². The van der Waals surface area contributed by atoms with Crippen molar-refractivity contribution in [1.29, 1.82) is 0 Å². The van der Waals surface area contributed by atoms with Crippen molar-refractivity contribution in [3.05, 3.63) is 29.8 Å². The van der Waals surface area contributed by atoms with Crippen LogP contribution in [-0.4, -0.2) is 19.7 Å². The van der Waals surface area contributed by atoms with Crippen LogP contribution in [0.15, 0.2) is 18.5 Å². The number of rotatable bonds is 2. The molecule has 0 spiro atoms. The average molecular weight is 267 g/mol. The lowest BCUT2D eigenvalue weighted by molar-refractivity contribution is 0.737. The highest BCUT2D eigenvalue weighted by molar-refractivity contribution is 9.08. The molecule has 0 unspecified atom stereocenters. The van der Waals surface area contributed by atoms with E-state index < -0.39 is 0 Å². The third-order valence-electron chi connectivity index (χ3n) is 2.22. The topological polar surface area (TPSA) is 43.6 Å². The Balaban J connectivity index is 2.54. The lowest BCUT2D eigenvalue weighted by Gasteiger charge is -2.01. The first kappa shape index (κ1) is 10.3. The Bertz CT molecular complexity index is 478. The summed E-state index contributed by atoms with van der Waals surface area (Å²) in [5, 5.41) is 4.95. The molecule has 0 saturated heterocycles. The zero-order valence-corrected chi connectivity index (χ0v) is 10.2. The summed E-state index contributed by atoms with van der Waals surface area (Å²) in [4.78, 5) is 8.63. The van der Waals surface area contributed by atoms with E-state index in [1.54, 1.807) is 12.4 Å². The predicted molar refractivity (Wildman–Crippen MR) is 61.6 cm³/mol. The molecular formula is C10H11BrN4. The molecule has 2 rings (SSSR count). The molecule has 0 aliphatic heterocycles. The van der Waals surface area contributed by atoms with E-state index in [0.717, 1.165) is 28.1 Å². The maximum atomic E-state index is 4.38. The molecule has 0 aliphatic carbocycles. The molecule has 0 amide bonds. The van der Waals surface area contributed by atoms with Crippen molar-refractivity contribution in [3.63, 3.8) is 0 Å². The van der Waals surface area contributed by atoms with E-state index in [-0.39, 0.29) is 0 Å². The molecule has 78 valence electrons. The molecular weight excluding hydrogens is 256 g/mol. The molecule has 0 aromatic carbocycles. The van der Waals surface area contributed by atoms with Crippen molar-refractivity contribution in [2.75, 3.05) is 0 Å². The second-order valence-corrected chi connectivity index (χ2v) is 3.84. The van der Waals surface area contributed by atoms with E-state index in [0.29, 0.717) is 0 Å². The molecule has 2 aromatic heterocycles. The summed E-state index contributed by atoms with van der Waals surface area (Å²) in [6.45, 7) is 1.95. The Labute approximate surface area is 96.5 Å². The van der Waals surface area contributed by atoms with Gasteiger partial charge in [-0.1, -0.05) is 15.9 Å². The van der Waals surface area contributed by atoms with Gasteiger partial charge in [-0.15, -0.1) is 0 Å². The van der Waals surface area contributed by atoms with Crippen LogP contribution in [0.5, 0.6) is 0 Å². The standard InChI is InChI=1S/C10H11BrN4/c1-7-3-4-12-10(14-7)8-6-13-15(2)9(8)5-11/h3-4,6H,5H2,1-2H3. The largest absolute Gasteiger partial charge is 0.271 e. The summed E-state index contributed by atoms with van der Waals surface area (Å²) in [6.07, 6.45) is 3.56. The van der Waals surface area contributed by atoms with Crippen LogP contribution in [-0.2, 0) is 12.4 Å². The molecule has 0 aliphatic rings. The zero-order chi connectivity index (χ0) is 10.8. The van der Waals surface area contributed by atoms with Gasteiger partial charge < -0.3 is 0 Å². The van der Waals surface area contributed by atoms with Crippen LogP contribution in [0, 0.1) is 6.92 Å². The maximum absolute atomic E-state index is 4.38. The van der Waals surface area contributed by atoms with Crippen LogP contribution in [0.4, 0.5) is 0 Å². The summed E-state index contributed by atoms with van der Waals surface area (Å²) < 4.78 is 1.83. The van der Waals surface area contributed by atoms with Gasteiger partial charge >= 0.3 is 0 Å². The molecule has 4 nitrogen and oxygen atoms in total. The summed E-state index contributed by atoms with van der Waals surface area (Å²) in [6, 6.07) is 1.88. The average Bonchev–Trinajstić information content (AvgIpc) is 2.59. The number of halogens is 1. The van der Waals surface area contributed by atoms with E-state index in [9.17, 15) is 0 Å². The quantitative estimate of drug-likeness (QED) is 0.782. The van der Waals surface area contributed by atoms with Crippen molar-refractivity contribution in [2.24, 2.45) is 7.05 Å². The highest BCUT2D eigenvalue weighted by Crippen LogP contribution is 2.21. The van der Waals surface area contributed by atoms with Gasteiger partial charge in [-0.25, -0.2) is 9.97 Å². The lowest BCUT2D eigenvalue weighted by atomic mass is 10.2. The first-order valence-corrected chi connectivity index (χ1v) is 5.71. The third kappa shape index (κ3) is 1.92. The molecule has 15 heavy (non-hydrogen) atoms. The minimum atomic E-state index is 0.734. The van der Waals surface area contributed by atoms with Crippen LogP contribution in [0.2, 0.25) is 0 Å². The van der Waals surface area contributed by atoms with Crippen LogP contribution in [0.1, 0.15) is 11.4 Å². The van der Waals surface area contributed by atoms with E-state index in [1.807, 2.05) is 24.7 Å². The van der Waals surface area contributed by atoms with Gasteiger partial charge in [-0.05, 0) is 13.0 Å². The molecule has 0 saturated carbocycles. The minimum absolute atomic E-state index is 0.734. The van der Waals surface area contributed by atoms with Crippen LogP contribution >= 0.6 is 15.9 Å². The molecule has 0 atom stereocenters. The van der Waals surface area contributed by atoms with E-state index in [4.69, 9.17) is 0 Å². The highest BCUT2D eigenvalue weighted by Gasteiger charge is 2.11. The maximum Gasteiger partial charge on any atom is 0.162 e. The SMILES string of the molecule is Cc1ccnc(-c2cnn(C)c2CBr)n1. The number of aryl methyl sites for hydroxylation is 2. The summed E-state index contributed by atoms with van der Waals surface area (Å²) in [7, 11) is 1.91. The van der Waals surface area contributed by atoms with Gasteiger partial charge in [-0.2, -0.15) is 5.10 Å². The van der Waals surface area contributed by atoms with E-state index in [1.165, 1.54) is 0 Å². The molecule has 2 aromatic rings.